The van der Waals surface area contributed by atoms with E-state index in [1.54, 1.807) is 30.3 Å². The van der Waals surface area contributed by atoms with E-state index in [0.29, 0.717) is 12.2 Å². The summed E-state index contributed by atoms with van der Waals surface area (Å²) in [5.74, 6) is 0.631. The lowest BCUT2D eigenvalue weighted by atomic mass is 10.1. The van der Waals surface area contributed by atoms with Crippen LogP contribution in [0.3, 0.4) is 0 Å². The number of amides is 1. The molecule has 0 saturated heterocycles. The molecule has 0 aliphatic rings. The summed E-state index contributed by atoms with van der Waals surface area (Å²) in [6.07, 6.45) is 1.68. The molecule has 2 rings (SSSR count). The van der Waals surface area contributed by atoms with Gasteiger partial charge in [-0.15, -0.1) is 0 Å². The Morgan fingerprint density at radius 3 is 2.41 bits per heavy atom. The highest BCUT2D eigenvalue weighted by Crippen LogP contribution is 2.16. The molecule has 0 radical (unpaired) electrons. The zero-order valence-corrected chi connectivity index (χ0v) is 13.0. The van der Waals surface area contributed by atoms with E-state index >= 15 is 0 Å². The van der Waals surface area contributed by atoms with Crippen molar-refractivity contribution < 1.29 is 9.53 Å². The molecule has 0 aliphatic carbocycles. The number of aryl methyl sites for hydroxylation is 1. The van der Waals surface area contributed by atoms with Gasteiger partial charge in [0, 0.05) is 5.56 Å². The van der Waals surface area contributed by atoms with Crippen LogP contribution in [0, 0.1) is 6.92 Å². The first-order valence-corrected chi connectivity index (χ1v) is 7.31. The number of hydrogen-bond acceptors (Lipinski definition) is 2. The van der Waals surface area contributed by atoms with Gasteiger partial charge in [0.2, 0.25) is 0 Å². The van der Waals surface area contributed by atoms with E-state index < -0.39 is 0 Å². The monoisotopic (exact) mass is 295 g/mol. The molecule has 1 atom stereocenters. The molecule has 2 aromatic carbocycles. The Morgan fingerprint density at radius 2 is 1.82 bits per heavy atom. The van der Waals surface area contributed by atoms with Crippen molar-refractivity contribution in [3.63, 3.8) is 0 Å². The summed E-state index contributed by atoms with van der Waals surface area (Å²) in [5.41, 5.74) is 2.91. The number of ether oxygens (including phenoxy) is 1. The molecule has 0 heterocycles. The van der Waals surface area contributed by atoms with Crippen LogP contribution in [-0.2, 0) is 0 Å². The first kappa shape index (κ1) is 15.8. The van der Waals surface area contributed by atoms with Crippen molar-refractivity contribution in [3.8, 4) is 5.75 Å². The lowest BCUT2D eigenvalue weighted by Crippen LogP contribution is -2.26. The van der Waals surface area contributed by atoms with Crippen LogP contribution in [0.25, 0.3) is 0 Å². The SMILES string of the molecule is C=CCOc1ccc(C(=O)N[C@@H](C)c2ccc(C)cc2)cc1. The zero-order chi connectivity index (χ0) is 15.9. The third-order valence-electron chi connectivity index (χ3n) is 3.41. The molecule has 2 aromatic rings. The first-order valence-electron chi connectivity index (χ1n) is 7.31. The van der Waals surface area contributed by atoms with Crippen LogP contribution in [0.1, 0.15) is 34.5 Å². The Kier molecular flexibility index (Phi) is 5.37. The number of hydrogen-bond donors (Lipinski definition) is 1. The van der Waals surface area contributed by atoms with E-state index in [1.807, 2.05) is 38.1 Å². The number of rotatable bonds is 6. The molecule has 1 amide bonds. The van der Waals surface area contributed by atoms with Gasteiger partial charge in [-0.3, -0.25) is 4.79 Å². The van der Waals surface area contributed by atoms with Crippen LogP contribution in [-0.4, -0.2) is 12.5 Å². The first-order chi connectivity index (χ1) is 10.6. The maximum absolute atomic E-state index is 12.3. The van der Waals surface area contributed by atoms with E-state index in [4.69, 9.17) is 4.74 Å². The fraction of sp³-hybridized carbons (Fsp3) is 0.211. The van der Waals surface area contributed by atoms with Gasteiger partial charge in [0.05, 0.1) is 6.04 Å². The van der Waals surface area contributed by atoms with Gasteiger partial charge in [-0.1, -0.05) is 42.5 Å². The Hall–Kier alpha value is -2.55. The zero-order valence-electron chi connectivity index (χ0n) is 13.0. The van der Waals surface area contributed by atoms with Crippen LogP contribution < -0.4 is 10.1 Å². The standard InChI is InChI=1S/C19H21NO2/c1-4-13-22-18-11-9-17(10-12-18)19(21)20-15(3)16-7-5-14(2)6-8-16/h4-12,15H,1,13H2,2-3H3,(H,20,21)/t15-/m0/s1. The van der Waals surface area contributed by atoms with Gasteiger partial charge in [0.25, 0.3) is 5.91 Å². The van der Waals surface area contributed by atoms with Crippen LogP contribution in [0.2, 0.25) is 0 Å². The topological polar surface area (TPSA) is 38.3 Å². The maximum atomic E-state index is 12.3. The second-order valence-electron chi connectivity index (χ2n) is 5.23. The predicted octanol–water partition coefficient (Wildman–Crippen LogP) is 4.05. The Balaban J connectivity index is 1.99. The van der Waals surface area contributed by atoms with Crippen molar-refractivity contribution in [2.75, 3.05) is 6.61 Å². The van der Waals surface area contributed by atoms with Crippen molar-refractivity contribution in [2.24, 2.45) is 0 Å². The van der Waals surface area contributed by atoms with Gasteiger partial charge in [0.15, 0.2) is 0 Å². The smallest absolute Gasteiger partial charge is 0.251 e. The van der Waals surface area contributed by atoms with Crippen molar-refractivity contribution in [1.82, 2.24) is 5.32 Å². The van der Waals surface area contributed by atoms with E-state index in [-0.39, 0.29) is 11.9 Å². The largest absolute Gasteiger partial charge is 0.490 e. The van der Waals surface area contributed by atoms with Gasteiger partial charge in [-0.2, -0.15) is 0 Å². The molecule has 3 heteroatoms. The molecular formula is C19H21NO2. The van der Waals surface area contributed by atoms with Gasteiger partial charge in [-0.25, -0.2) is 0 Å². The molecule has 0 unspecified atom stereocenters. The minimum absolute atomic E-state index is 0.0372. The number of carbonyl (C=O) groups excluding carboxylic acids is 1. The average molecular weight is 295 g/mol. The van der Waals surface area contributed by atoms with Gasteiger partial charge >= 0.3 is 0 Å². The van der Waals surface area contributed by atoms with Crippen molar-refractivity contribution in [2.45, 2.75) is 19.9 Å². The average Bonchev–Trinajstić information content (AvgIpc) is 2.54. The Bertz CT molecular complexity index is 629. The normalized spacial score (nSPS) is 11.5. The van der Waals surface area contributed by atoms with Crippen LogP contribution in [0.5, 0.6) is 5.75 Å². The summed E-state index contributed by atoms with van der Waals surface area (Å²) in [6.45, 7) is 8.07. The van der Waals surface area contributed by atoms with E-state index in [1.165, 1.54) is 5.56 Å². The lowest BCUT2D eigenvalue weighted by molar-refractivity contribution is 0.0940. The van der Waals surface area contributed by atoms with Gasteiger partial charge in [0.1, 0.15) is 12.4 Å². The lowest BCUT2D eigenvalue weighted by Gasteiger charge is -2.15. The second kappa shape index (κ2) is 7.46. The van der Waals surface area contributed by atoms with Crippen LogP contribution in [0.4, 0.5) is 0 Å². The van der Waals surface area contributed by atoms with Crippen molar-refractivity contribution in [1.29, 1.82) is 0 Å². The molecule has 22 heavy (non-hydrogen) atoms. The fourth-order valence-electron chi connectivity index (χ4n) is 2.08. The van der Waals surface area contributed by atoms with Crippen molar-refractivity contribution >= 4 is 5.91 Å². The molecule has 114 valence electrons. The molecule has 0 spiro atoms. The molecular weight excluding hydrogens is 274 g/mol. The highest BCUT2D eigenvalue weighted by Gasteiger charge is 2.11. The minimum atomic E-state index is -0.0941. The number of benzene rings is 2. The number of carbonyl (C=O) groups is 1. The number of nitrogens with one attached hydrogen (secondary N) is 1. The highest BCUT2D eigenvalue weighted by molar-refractivity contribution is 5.94. The van der Waals surface area contributed by atoms with Gasteiger partial charge < -0.3 is 10.1 Å². The molecule has 3 nitrogen and oxygen atoms in total. The minimum Gasteiger partial charge on any atom is -0.490 e. The van der Waals surface area contributed by atoms with E-state index in [9.17, 15) is 4.79 Å². The third kappa shape index (κ3) is 4.22. The molecule has 0 bridgehead atoms. The van der Waals surface area contributed by atoms with Gasteiger partial charge in [-0.05, 0) is 43.7 Å². The quantitative estimate of drug-likeness (QED) is 0.816. The summed E-state index contributed by atoms with van der Waals surface area (Å²) in [7, 11) is 0. The Morgan fingerprint density at radius 1 is 1.18 bits per heavy atom. The fourth-order valence-corrected chi connectivity index (χ4v) is 2.08. The second-order valence-corrected chi connectivity index (χ2v) is 5.23. The molecule has 0 fully saturated rings. The molecule has 0 saturated carbocycles. The van der Waals surface area contributed by atoms with E-state index in [0.717, 1.165) is 11.3 Å². The summed E-state index contributed by atoms with van der Waals surface area (Å²) in [5, 5.41) is 3.00. The molecule has 0 aliphatic heterocycles. The van der Waals surface area contributed by atoms with Crippen molar-refractivity contribution in [3.05, 3.63) is 77.9 Å². The predicted molar refractivity (Wildman–Crippen MR) is 89.2 cm³/mol. The maximum Gasteiger partial charge on any atom is 0.251 e. The Labute approximate surface area is 131 Å². The highest BCUT2D eigenvalue weighted by atomic mass is 16.5. The third-order valence-corrected chi connectivity index (χ3v) is 3.41. The van der Waals surface area contributed by atoms with E-state index in [2.05, 4.69) is 11.9 Å². The summed E-state index contributed by atoms with van der Waals surface area (Å²) in [4.78, 5) is 12.3. The van der Waals surface area contributed by atoms with Crippen LogP contribution >= 0.6 is 0 Å². The summed E-state index contributed by atoms with van der Waals surface area (Å²) < 4.78 is 5.40. The summed E-state index contributed by atoms with van der Waals surface area (Å²) in [6, 6.07) is 15.2. The molecule has 0 aromatic heterocycles. The summed E-state index contributed by atoms with van der Waals surface area (Å²) >= 11 is 0. The molecule has 1 N–H and O–H groups in total. The van der Waals surface area contributed by atoms with Crippen LogP contribution in [0.15, 0.2) is 61.2 Å².